The van der Waals surface area contributed by atoms with E-state index in [9.17, 15) is 9.90 Å². The van der Waals surface area contributed by atoms with E-state index in [0.29, 0.717) is 5.92 Å². The second kappa shape index (κ2) is 4.62. The molecule has 0 aliphatic rings. The summed E-state index contributed by atoms with van der Waals surface area (Å²) >= 11 is 0. The largest absolute Gasteiger partial charge is 0.480 e. The number of carbonyl (C=O) groups is 1. The van der Waals surface area contributed by atoms with E-state index in [1.807, 2.05) is 36.4 Å². The van der Waals surface area contributed by atoms with E-state index < -0.39 is 5.97 Å². The van der Waals surface area contributed by atoms with Crippen molar-refractivity contribution in [1.29, 1.82) is 0 Å². The standard InChI is InChI=1S/C14H11O2/c15-14(16)13(11-7-3-1-4-8-11)12-9-5-2-6-10-12/h1-10H,(H,15,16). The van der Waals surface area contributed by atoms with E-state index in [1.54, 1.807) is 24.3 Å². The molecule has 0 saturated carbocycles. The number of carboxylic acids is 1. The minimum absolute atomic E-state index is 0.334. The SMILES string of the molecule is O=C(O)[C](c1ccccc1)c1ccccc1. The van der Waals surface area contributed by atoms with Crippen molar-refractivity contribution < 1.29 is 9.90 Å². The maximum atomic E-state index is 11.3. The topological polar surface area (TPSA) is 37.3 Å². The third-order valence-corrected chi connectivity index (χ3v) is 2.34. The van der Waals surface area contributed by atoms with Crippen LogP contribution in [0.1, 0.15) is 11.1 Å². The van der Waals surface area contributed by atoms with Crippen LogP contribution in [0.2, 0.25) is 0 Å². The van der Waals surface area contributed by atoms with Gasteiger partial charge in [0.1, 0.15) is 5.92 Å². The van der Waals surface area contributed by atoms with Gasteiger partial charge in [0.05, 0.1) is 0 Å². The molecule has 0 amide bonds. The fourth-order valence-electron chi connectivity index (χ4n) is 1.62. The van der Waals surface area contributed by atoms with Gasteiger partial charge in [0, 0.05) is 0 Å². The molecule has 0 saturated heterocycles. The minimum Gasteiger partial charge on any atom is -0.480 e. The maximum absolute atomic E-state index is 11.3. The molecule has 0 bridgehead atoms. The van der Waals surface area contributed by atoms with Gasteiger partial charge >= 0.3 is 5.97 Å². The number of aliphatic carboxylic acids is 1. The van der Waals surface area contributed by atoms with Gasteiger partial charge < -0.3 is 5.11 Å². The van der Waals surface area contributed by atoms with Gasteiger partial charge in [0.25, 0.3) is 0 Å². The number of hydrogen-bond acceptors (Lipinski definition) is 1. The smallest absolute Gasteiger partial charge is 0.320 e. The highest BCUT2D eigenvalue weighted by Gasteiger charge is 2.22. The fraction of sp³-hybridized carbons (Fsp3) is 0. The lowest BCUT2D eigenvalue weighted by atomic mass is 9.92. The van der Waals surface area contributed by atoms with E-state index in [0.717, 1.165) is 11.1 Å². The van der Waals surface area contributed by atoms with Crippen LogP contribution in [0.15, 0.2) is 60.7 Å². The lowest BCUT2D eigenvalue weighted by molar-refractivity contribution is -0.133. The Morgan fingerprint density at radius 1 is 0.750 bits per heavy atom. The van der Waals surface area contributed by atoms with Crippen LogP contribution in [0.4, 0.5) is 0 Å². The summed E-state index contributed by atoms with van der Waals surface area (Å²) in [6, 6.07) is 18.3. The van der Waals surface area contributed by atoms with Crippen LogP contribution in [0, 0.1) is 5.92 Å². The molecule has 2 nitrogen and oxygen atoms in total. The zero-order chi connectivity index (χ0) is 11.4. The number of hydrogen-bond donors (Lipinski definition) is 1. The van der Waals surface area contributed by atoms with E-state index in [1.165, 1.54) is 0 Å². The molecule has 0 fully saturated rings. The molecule has 1 N–H and O–H groups in total. The third-order valence-electron chi connectivity index (χ3n) is 2.34. The van der Waals surface area contributed by atoms with Crippen molar-refractivity contribution in [2.24, 2.45) is 0 Å². The zero-order valence-corrected chi connectivity index (χ0v) is 8.63. The molecule has 0 aliphatic carbocycles. The Kier molecular flexibility index (Phi) is 3.01. The second-order valence-corrected chi connectivity index (χ2v) is 3.41. The Hall–Kier alpha value is -2.09. The van der Waals surface area contributed by atoms with Gasteiger partial charge in [-0.1, -0.05) is 60.7 Å². The van der Waals surface area contributed by atoms with Crippen LogP contribution in [-0.4, -0.2) is 11.1 Å². The lowest BCUT2D eigenvalue weighted by Crippen LogP contribution is -2.13. The Morgan fingerprint density at radius 3 is 1.44 bits per heavy atom. The van der Waals surface area contributed by atoms with Crippen molar-refractivity contribution in [2.45, 2.75) is 0 Å². The predicted molar refractivity (Wildman–Crippen MR) is 62.0 cm³/mol. The Morgan fingerprint density at radius 2 is 1.12 bits per heavy atom. The van der Waals surface area contributed by atoms with E-state index in [2.05, 4.69) is 0 Å². The quantitative estimate of drug-likeness (QED) is 0.847. The first-order chi connectivity index (χ1) is 7.79. The maximum Gasteiger partial charge on any atom is 0.320 e. The van der Waals surface area contributed by atoms with Crippen molar-refractivity contribution in [2.75, 3.05) is 0 Å². The normalized spacial score (nSPS) is 10.3. The predicted octanol–water partition coefficient (Wildman–Crippen LogP) is 2.74. The van der Waals surface area contributed by atoms with E-state index in [4.69, 9.17) is 0 Å². The van der Waals surface area contributed by atoms with Crippen LogP contribution in [0.3, 0.4) is 0 Å². The average Bonchev–Trinajstić information content (AvgIpc) is 2.31. The minimum atomic E-state index is -0.905. The molecule has 0 heterocycles. The highest BCUT2D eigenvalue weighted by Crippen LogP contribution is 2.23. The van der Waals surface area contributed by atoms with Crippen LogP contribution in [0.25, 0.3) is 0 Å². The van der Waals surface area contributed by atoms with Gasteiger partial charge in [-0.3, -0.25) is 4.79 Å². The molecule has 2 rings (SSSR count). The van der Waals surface area contributed by atoms with Gasteiger partial charge in [-0.2, -0.15) is 0 Å². The van der Waals surface area contributed by atoms with Gasteiger partial charge in [-0.05, 0) is 11.1 Å². The molecular weight excluding hydrogens is 200 g/mol. The van der Waals surface area contributed by atoms with Crippen molar-refractivity contribution in [1.82, 2.24) is 0 Å². The number of carboxylic acid groups (broad SMARTS) is 1. The summed E-state index contributed by atoms with van der Waals surface area (Å²) in [7, 11) is 0. The molecule has 2 aromatic carbocycles. The summed E-state index contributed by atoms with van der Waals surface area (Å²) in [6.45, 7) is 0. The first-order valence-corrected chi connectivity index (χ1v) is 5.00. The monoisotopic (exact) mass is 211 g/mol. The molecule has 0 aliphatic heterocycles. The molecule has 16 heavy (non-hydrogen) atoms. The summed E-state index contributed by atoms with van der Waals surface area (Å²) in [5, 5.41) is 9.24. The number of rotatable bonds is 3. The van der Waals surface area contributed by atoms with Crippen LogP contribution in [-0.2, 0) is 4.79 Å². The second-order valence-electron chi connectivity index (χ2n) is 3.41. The van der Waals surface area contributed by atoms with Crippen LogP contribution < -0.4 is 0 Å². The van der Waals surface area contributed by atoms with Crippen molar-refractivity contribution >= 4 is 5.97 Å². The summed E-state index contributed by atoms with van der Waals surface area (Å²) < 4.78 is 0. The summed E-state index contributed by atoms with van der Waals surface area (Å²) in [4.78, 5) is 11.3. The van der Waals surface area contributed by atoms with E-state index in [-0.39, 0.29) is 0 Å². The fourth-order valence-corrected chi connectivity index (χ4v) is 1.62. The molecule has 0 aromatic heterocycles. The Bertz CT molecular complexity index is 423. The molecule has 2 aromatic rings. The summed E-state index contributed by atoms with van der Waals surface area (Å²) in [5.41, 5.74) is 1.45. The Balaban J connectivity index is 2.44. The zero-order valence-electron chi connectivity index (χ0n) is 8.63. The molecule has 0 spiro atoms. The van der Waals surface area contributed by atoms with Crippen LogP contribution in [0.5, 0.6) is 0 Å². The third kappa shape index (κ3) is 2.11. The molecule has 1 radical (unpaired) electrons. The average molecular weight is 211 g/mol. The molecule has 0 atom stereocenters. The first kappa shape index (κ1) is 10.4. The highest BCUT2D eigenvalue weighted by atomic mass is 16.4. The van der Waals surface area contributed by atoms with Gasteiger partial charge in [-0.25, -0.2) is 0 Å². The van der Waals surface area contributed by atoms with E-state index >= 15 is 0 Å². The van der Waals surface area contributed by atoms with Crippen molar-refractivity contribution in [3.63, 3.8) is 0 Å². The first-order valence-electron chi connectivity index (χ1n) is 5.00. The van der Waals surface area contributed by atoms with Crippen molar-refractivity contribution in [3.8, 4) is 0 Å². The molecule has 2 heteroatoms. The Labute approximate surface area is 94.2 Å². The van der Waals surface area contributed by atoms with Gasteiger partial charge in [0.2, 0.25) is 0 Å². The van der Waals surface area contributed by atoms with Crippen molar-refractivity contribution in [3.05, 3.63) is 77.7 Å². The van der Waals surface area contributed by atoms with Gasteiger partial charge in [0.15, 0.2) is 0 Å². The molecule has 0 unspecified atom stereocenters. The molecular formula is C14H11O2. The number of benzene rings is 2. The lowest BCUT2D eigenvalue weighted by Gasteiger charge is -2.11. The van der Waals surface area contributed by atoms with Gasteiger partial charge in [-0.15, -0.1) is 0 Å². The highest BCUT2D eigenvalue weighted by molar-refractivity contribution is 5.92. The summed E-state index contributed by atoms with van der Waals surface area (Å²) in [5.74, 6) is -0.571. The summed E-state index contributed by atoms with van der Waals surface area (Å²) in [6.07, 6.45) is 0. The van der Waals surface area contributed by atoms with Crippen LogP contribution >= 0.6 is 0 Å². The molecule has 79 valence electrons.